The van der Waals surface area contributed by atoms with Gasteiger partial charge in [-0.3, -0.25) is 10.1 Å². The molecular formula is C11H11ClN2O4S. The van der Waals surface area contributed by atoms with Crippen LogP contribution in [0.4, 0.5) is 5.69 Å². The van der Waals surface area contributed by atoms with Crippen LogP contribution in [0, 0.1) is 10.1 Å². The highest BCUT2D eigenvalue weighted by Crippen LogP contribution is 2.29. The van der Waals surface area contributed by atoms with Crippen LogP contribution in [-0.2, 0) is 10.0 Å². The molecule has 2 rings (SSSR count). The van der Waals surface area contributed by atoms with Crippen molar-refractivity contribution in [2.75, 3.05) is 13.1 Å². The fourth-order valence-corrected chi connectivity index (χ4v) is 3.68. The van der Waals surface area contributed by atoms with Gasteiger partial charge in [-0.05, 0) is 12.5 Å². The number of non-ortho nitro benzene ring substituents is 1. The summed E-state index contributed by atoms with van der Waals surface area (Å²) in [6.07, 6.45) is 4.25. The lowest BCUT2D eigenvalue weighted by molar-refractivity contribution is -0.385. The quantitative estimate of drug-likeness (QED) is 0.487. The van der Waals surface area contributed by atoms with E-state index in [1.807, 2.05) is 6.08 Å². The number of nitrogens with zero attached hydrogens (tertiary/aromatic N) is 2. The predicted octanol–water partition coefficient (Wildman–Crippen LogP) is 2.20. The molecule has 0 atom stereocenters. The first-order chi connectivity index (χ1) is 8.93. The van der Waals surface area contributed by atoms with Crippen molar-refractivity contribution < 1.29 is 13.3 Å². The number of halogens is 1. The highest BCUT2D eigenvalue weighted by Gasteiger charge is 2.28. The molecule has 1 aliphatic rings. The maximum atomic E-state index is 12.4. The monoisotopic (exact) mass is 302 g/mol. The normalized spacial score (nSPS) is 16.5. The molecule has 0 N–H and O–H groups in total. The van der Waals surface area contributed by atoms with E-state index in [4.69, 9.17) is 11.6 Å². The first-order valence-corrected chi connectivity index (χ1v) is 7.34. The number of nitro groups is 1. The summed E-state index contributed by atoms with van der Waals surface area (Å²) >= 11 is 5.86. The topological polar surface area (TPSA) is 80.5 Å². The molecule has 0 bridgehead atoms. The molecule has 1 aromatic rings. The number of benzene rings is 1. The molecule has 0 radical (unpaired) electrons. The van der Waals surface area contributed by atoms with Crippen LogP contribution in [0.2, 0.25) is 5.02 Å². The van der Waals surface area contributed by atoms with Crippen LogP contribution in [0.5, 0.6) is 0 Å². The summed E-state index contributed by atoms with van der Waals surface area (Å²) in [5.41, 5.74) is -0.296. The van der Waals surface area contributed by atoms with E-state index in [9.17, 15) is 18.5 Å². The Kier molecular flexibility index (Phi) is 3.88. The average Bonchev–Trinajstić information content (AvgIpc) is 2.39. The molecule has 0 amide bonds. The van der Waals surface area contributed by atoms with Crippen molar-refractivity contribution in [3.63, 3.8) is 0 Å². The Morgan fingerprint density at radius 1 is 1.32 bits per heavy atom. The third-order valence-corrected chi connectivity index (χ3v) is 5.11. The summed E-state index contributed by atoms with van der Waals surface area (Å²) in [7, 11) is -3.80. The number of sulfonamides is 1. The molecule has 8 heteroatoms. The van der Waals surface area contributed by atoms with Gasteiger partial charge >= 0.3 is 0 Å². The van der Waals surface area contributed by atoms with E-state index in [2.05, 4.69) is 0 Å². The van der Waals surface area contributed by atoms with Gasteiger partial charge in [0.2, 0.25) is 10.0 Å². The number of hydrogen-bond acceptors (Lipinski definition) is 4. The van der Waals surface area contributed by atoms with Gasteiger partial charge in [0, 0.05) is 25.2 Å². The van der Waals surface area contributed by atoms with Gasteiger partial charge in [0.25, 0.3) is 5.69 Å². The zero-order valence-corrected chi connectivity index (χ0v) is 11.4. The van der Waals surface area contributed by atoms with Crippen LogP contribution in [-0.4, -0.2) is 30.7 Å². The fraction of sp³-hybridized carbons (Fsp3) is 0.273. The van der Waals surface area contributed by atoms with E-state index in [1.54, 1.807) is 6.08 Å². The van der Waals surface area contributed by atoms with Crippen molar-refractivity contribution >= 4 is 27.3 Å². The van der Waals surface area contributed by atoms with Crippen LogP contribution in [0.25, 0.3) is 0 Å². The van der Waals surface area contributed by atoms with E-state index in [-0.39, 0.29) is 22.2 Å². The van der Waals surface area contributed by atoms with Gasteiger partial charge in [-0.25, -0.2) is 8.42 Å². The van der Waals surface area contributed by atoms with Gasteiger partial charge in [-0.15, -0.1) is 0 Å². The molecule has 0 spiro atoms. The van der Waals surface area contributed by atoms with Crippen molar-refractivity contribution in [1.29, 1.82) is 0 Å². The second-order valence-electron chi connectivity index (χ2n) is 3.99. The zero-order chi connectivity index (χ0) is 14.0. The number of rotatable bonds is 3. The molecule has 0 unspecified atom stereocenters. The summed E-state index contributed by atoms with van der Waals surface area (Å²) in [5.74, 6) is 0. The Hall–Kier alpha value is -1.44. The molecule has 0 saturated carbocycles. The lowest BCUT2D eigenvalue weighted by atomic mass is 10.3. The van der Waals surface area contributed by atoms with E-state index < -0.39 is 14.9 Å². The number of nitro benzene ring substituents is 1. The van der Waals surface area contributed by atoms with E-state index in [1.165, 1.54) is 16.4 Å². The highest BCUT2D eigenvalue weighted by atomic mass is 35.5. The van der Waals surface area contributed by atoms with Gasteiger partial charge in [0.05, 0.1) is 9.95 Å². The van der Waals surface area contributed by atoms with Gasteiger partial charge in [0.1, 0.15) is 4.90 Å². The Balaban J connectivity index is 2.47. The highest BCUT2D eigenvalue weighted by molar-refractivity contribution is 7.89. The minimum absolute atomic E-state index is 0.0137. The van der Waals surface area contributed by atoms with Crippen LogP contribution < -0.4 is 0 Å². The molecule has 1 aromatic carbocycles. The van der Waals surface area contributed by atoms with E-state index >= 15 is 0 Å². The molecule has 1 aliphatic heterocycles. The van der Waals surface area contributed by atoms with Gasteiger partial charge < -0.3 is 0 Å². The summed E-state index contributed by atoms with van der Waals surface area (Å²) in [5, 5.41) is 10.7. The minimum Gasteiger partial charge on any atom is -0.258 e. The first-order valence-electron chi connectivity index (χ1n) is 5.52. The Bertz CT molecular complexity index is 642. The average molecular weight is 303 g/mol. The van der Waals surface area contributed by atoms with Gasteiger partial charge in [-0.1, -0.05) is 23.8 Å². The Morgan fingerprint density at radius 3 is 2.63 bits per heavy atom. The maximum Gasteiger partial charge on any atom is 0.270 e. The summed E-state index contributed by atoms with van der Waals surface area (Å²) < 4.78 is 26.0. The van der Waals surface area contributed by atoms with Crippen molar-refractivity contribution in [2.24, 2.45) is 0 Å². The smallest absolute Gasteiger partial charge is 0.258 e. The minimum atomic E-state index is -3.80. The second-order valence-corrected chi connectivity index (χ2v) is 6.31. The standard InChI is InChI=1S/C11H11ClN2O4S/c12-10-5-4-9(14(15)16)8-11(10)19(17,18)13-6-2-1-3-7-13/h1-2,4-5,8H,3,6-7H2. The number of hydrogen-bond donors (Lipinski definition) is 0. The second kappa shape index (κ2) is 5.28. The van der Waals surface area contributed by atoms with Gasteiger partial charge in [0.15, 0.2) is 0 Å². The molecule has 0 fully saturated rings. The molecule has 0 aliphatic carbocycles. The molecule has 6 nitrogen and oxygen atoms in total. The van der Waals surface area contributed by atoms with Crippen molar-refractivity contribution in [1.82, 2.24) is 4.31 Å². The molecule has 0 saturated heterocycles. The van der Waals surface area contributed by atoms with Crippen molar-refractivity contribution in [3.8, 4) is 0 Å². The van der Waals surface area contributed by atoms with Crippen molar-refractivity contribution in [2.45, 2.75) is 11.3 Å². The van der Waals surface area contributed by atoms with Crippen LogP contribution in [0.1, 0.15) is 6.42 Å². The zero-order valence-electron chi connectivity index (χ0n) is 9.82. The molecule has 0 aromatic heterocycles. The largest absolute Gasteiger partial charge is 0.270 e. The summed E-state index contributed by atoms with van der Waals surface area (Å²) in [4.78, 5) is 9.84. The third-order valence-electron chi connectivity index (χ3n) is 2.76. The molecule has 19 heavy (non-hydrogen) atoms. The third kappa shape index (κ3) is 2.78. The summed E-state index contributed by atoms with van der Waals surface area (Å²) in [6.45, 7) is 0.596. The maximum absolute atomic E-state index is 12.4. The summed E-state index contributed by atoms with van der Waals surface area (Å²) in [6, 6.07) is 3.40. The Morgan fingerprint density at radius 2 is 2.05 bits per heavy atom. The lowest BCUT2D eigenvalue weighted by Crippen LogP contribution is -2.34. The van der Waals surface area contributed by atoms with Crippen molar-refractivity contribution in [3.05, 3.63) is 45.5 Å². The predicted molar refractivity (Wildman–Crippen MR) is 70.6 cm³/mol. The first kappa shape index (κ1) is 14.0. The van der Waals surface area contributed by atoms with E-state index in [0.717, 1.165) is 6.07 Å². The lowest BCUT2D eigenvalue weighted by Gasteiger charge is -2.23. The molecular weight excluding hydrogens is 292 g/mol. The van der Waals surface area contributed by atoms with Crippen LogP contribution in [0.15, 0.2) is 35.2 Å². The Labute approximate surface area is 115 Å². The fourth-order valence-electron chi connectivity index (χ4n) is 1.78. The van der Waals surface area contributed by atoms with Gasteiger partial charge in [-0.2, -0.15) is 4.31 Å². The molecule has 1 heterocycles. The van der Waals surface area contributed by atoms with E-state index in [0.29, 0.717) is 13.0 Å². The molecule has 102 valence electrons. The van der Waals surface area contributed by atoms with Crippen LogP contribution >= 0.6 is 11.6 Å². The van der Waals surface area contributed by atoms with Crippen LogP contribution in [0.3, 0.4) is 0 Å². The SMILES string of the molecule is O=[N+]([O-])c1ccc(Cl)c(S(=O)(=O)N2CC=CCC2)c1.